The van der Waals surface area contributed by atoms with Gasteiger partial charge in [-0.1, -0.05) is 25.3 Å². The molecule has 2 N–H and O–H groups in total. The van der Waals surface area contributed by atoms with Crippen LogP contribution in [0.4, 0.5) is 0 Å². The molecule has 2 atom stereocenters. The predicted octanol–water partition coefficient (Wildman–Crippen LogP) is 2.01. The van der Waals surface area contributed by atoms with Crippen LogP contribution in [0.15, 0.2) is 11.6 Å². The van der Waals surface area contributed by atoms with Crippen molar-refractivity contribution in [3.8, 4) is 0 Å². The molecule has 16 heavy (non-hydrogen) atoms. The summed E-state index contributed by atoms with van der Waals surface area (Å²) in [4.78, 5) is 11.4. The van der Waals surface area contributed by atoms with E-state index in [4.69, 9.17) is 0 Å². The van der Waals surface area contributed by atoms with E-state index in [9.17, 15) is 9.90 Å². The van der Waals surface area contributed by atoms with Crippen molar-refractivity contribution in [1.82, 2.24) is 5.32 Å². The Balaban J connectivity index is 2.41. The minimum atomic E-state index is -0.692. The molecule has 0 saturated heterocycles. The van der Waals surface area contributed by atoms with E-state index >= 15 is 0 Å². The molecule has 1 amide bonds. The van der Waals surface area contributed by atoms with E-state index in [0.717, 1.165) is 24.8 Å². The molecule has 0 aromatic heterocycles. The lowest BCUT2D eigenvalue weighted by Crippen LogP contribution is -2.45. The summed E-state index contributed by atoms with van der Waals surface area (Å²) in [6.07, 6.45) is 5.39. The zero-order valence-corrected chi connectivity index (χ0v) is 10.5. The van der Waals surface area contributed by atoms with Gasteiger partial charge < -0.3 is 10.4 Å². The fourth-order valence-corrected chi connectivity index (χ4v) is 2.36. The van der Waals surface area contributed by atoms with Gasteiger partial charge in [0.25, 0.3) is 0 Å². The second-order valence-corrected chi connectivity index (χ2v) is 5.37. The average Bonchev–Trinajstić information content (AvgIpc) is 2.13. The van der Waals surface area contributed by atoms with Gasteiger partial charge in [0.2, 0.25) is 5.91 Å². The van der Waals surface area contributed by atoms with Crippen LogP contribution in [0.3, 0.4) is 0 Å². The van der Waals surface area contributed by atoms with Crippen LogP contribution in [0, 0.1) is 5.92 Å². The largest absolute Gasteiger partial charge is 0.388 e. The van der Waals surface area contributed by atoms with E-state index in [1.807, 2.05) is 13.8 Å². The first-order chi connectivity index (χ1) is 7.41. The maximum Gasteiger partial charge on any atom is 0.244 e. The van der Waals surface area contributed by atoms with Crippen molar-refractivity contribution < 1.29 is 9.90 Å². The summed E-state index contributed by atoms with van der Waals surface area (Å²) in [5.41, 5.74) is 0.282. The lowest BCUT2D eigenvalue weighted by molar-refractivity contribution is -0.118. The summed E-state index contributed by atoms with van der Waals surface area (Å²) in [6.45, 7) is 6.30. The van der Waals surface area contributed by atoms with Gasteiger partial charge in [0.1, 0.15) is 0 Å². The number of carbonyl (C=O) groups is 1. The Kier molecular flexibility index (Phi) is 4.54. The summed E-state index contributed by atoms with van der Waals surface area (Å²) in [7, 11) is 0. The lowest BCUT2D eigenvalue weighted by atomic mass is 9.79. The maximum atomic E-state index is 11.4. The summed E-state index contributed by atoms with van der Waals surface area (Å²) in [6, 6.07) is 0. The van der Waals surface area contributed by atoms with Gasteiger partial charge in [-0.25, -0.2) is 0 Å². The molecule has 0 aromatic carbocycles. The number of nitrogens with one attached hydrogen (secondary N) is 1. The SMILES string of the molecule is CC(C)=CC(=O)NCC1(O)CCCC(C)C1. The summed E-state index contributed by atoms with van der Waals surface area (Å²) >= 11 is 0. The van der Waals surface area contributed by atoms with Crippen LogP contribution in [-0.4, -0.2) is 23.2 Å². The summed E-state index contributed by atoms with van der Waals surface area (Å²) in [5.74, 6) is 0.450. The molecule has 0 radical (unpaired) electrons. The van der Waals surface area contributed by atoms with Crippen molar-refractivity contribution in [2.75, 3.05) is 6.54 Å². The molecular formula is C13H23NO2. The third-order valence-electron chi connectivity index (χ3n) is 3.08. The number of amides is 1. The van der Waals surface area contributed by atoms with E-state index in [-0.39, 0.29) is 5.91 Å². The molecule has 0 aromatic rings. The molecule has 0 spiro atoms. The van der Waals surface area contributed by atoms with E-state index in [1.165, 1.54) is 6.42 Å². The molecule has 0 aliphatic heterocycles. The minimum absolute atomic E-state index is 0.105. The van der Waals surface area contributed by atoms with Crippen molar-refractivity contribution in [3.63, 3.8) is 0 Å². The third-order valence-corrected chi connectivity index (χ3v) is 3.08. The zero-order valence-electron chi connectivity index (χ0n) is 10.5. The van der Waals surface area contributed by atoms with Gasteiger partial charge in [-0.2, -0.15) is 0 Å². The van der Waals surface area contributed by atoms with Crippen molar-refractivity contribution in [2.45, 2.75) is 52.1 Å². The minimum Gasteiger partial charge on any atom is -0.388 e. The number of rotatable bonds is 3. The molecule has 3 nitrogen and oxygen atoms in total. The van der Waals surface area contributed by atoms with E-state index in [0.29, 0.717) is 12.5 Å². The van der Waals surface area contributed by atoms with Crippen LogP contribution in [0.25, 0.3) is 0 Å². The van der Waals surface area contributed by atoms with Crippen LogP contribution in [0.5, 0.6) is 0 Å². The molecule has 0 bridgehead atoms. The van der Waals surface area contributed by atoms with Crippen molar-refractivity contribution in [1.29, 1.82) is 0 Å². The standard InChI is InChI=1S/C13H23NO2/c1-10(2)7-12(15)14-9-13(16)6-4-5-11(3)8-13/h7,11,16H,4-6,8-9H2,1-3H3,(H,14,15). The Labute approximate surface area is 97.9 Å². The van der Waals surface area contributed by atoms with Gasteiger partial charge in [-0.15, -0.1) is 0 Å². The number of hydrogen-bond acceptors (Lipinski definition) is 2. The monoisotopic (exact) mass is 225 g/mol. The normalized spacial score (nSPS) is 29.6. The molecule has 1 rings (SSSR count). The highest BCUT2D eigenvalue weighted by atomic mass is 16.3. The smallest absolute Gasteiger partial charge is 0.244 e. The van der Waals surface area contributed by atoms with Gasteiger partial charge in [0.15, 0.2) is 0 Å². The number of allylic oxidation sites excluding steroid dienone is 1. The topological polar surface area (TPSA) is 49.3 Å². The van der Waals surface area contributed by atoms with E-state index in [1.54, 1.807) is 6.08 Å². The number of carbonyl (C=O) groups excluding carboxylic acids is 1. The van der Waals surface area contributed by atoms with Gasteiger partial charge in [-0.3, -0.25) is 4.79 Å². The second kappa shape index (κ2) is 5.48. The van der Waals surface area contributed by atoms with Gasteiger partial charge in [0.05, 0.1) is 5.60 Å². The first kappa shape index (κ1) is 13.2. The Morgan fingerprint density at radius 3 is 2.81 bits per heavy atom. The van der Waals surface area contributed by atoms with Crippen molar-refractivity contribution >= 4 is 5.91 Å². The molecule has 92 valence electrons. The highest BCUT2D eigenvalue weighted by Crippen LogP contribution is 2.31. The summed E-state index contributed by atoms with van der Waals surface area (Å²) in [5, 5.41) is 13.1. The van der Waals surface area contributed by atoms with Crippen molar-refractivity contribution in [2.24, 2.45) is 5.92 Å². The second-order valence-electron chi connectivity index (χ2n) is 5.37. The molecule has 3 heteroatoms. The maximum absolute atomic E-state index is 11.4. The highest BCUT2D eigenvalue weighted by Gasteiger charge is 2.32. The number of aliphatic hydroxyl groups is 1. The molecular weight excluding hydrogens is 202 g/mol. The average molecular weight is 225 g/mol. The Morgan fingerprint density at radius 2 is 2.25 bits per heavy atom. The zero-order chi connectivity index (χ0) is 12.2. The van der Waals surface area contributed by atoms with E-state index < -0.39 is 5.60 Å². The third kappa shape index (κ3) is 4.35. The summed E-state index contributed by atoms with van der Waals surface area (Å²) < 4.78 is 0. The molecule has 0 heterocycles. The molecule has 1 aliphatic rings. The van der Waals surface area contributed by atoms with Crippen LogP contribution in [0.2, 0.25) is 0 Å². The van der Waals surface area contributed by atoms with E-state index in [2.05, 4.69) is 12.2 Å². The predicted molar refractivity (Wildman–Crippen MR) is 65.0 cm³/mol. The first-order valence-electron chi connectivity index (χ1n) is 6.06. The Morgan fingerprint density at radius 1 is 1.56 bits per heavy atom. The molecule has 1 saturated carbocycles. The Hall–Kier alpha value is -0.830. The van der Waals surface area contributed by atoms with Crippen molar-refractivity contribution in [3.05, 3.63) is 11.6 Å². The fourth-order valence-electron chi connectivity index (χ4n) is 2.36. The van der Waals surface area contributed by atoms with Gasteiger partial charge in [0, 0.05) is 12.6 Å². The molecule has 1 fully saturated rings. The van der Waals surface area contributed by atoms with Crippen LogP contribution >= 0.6 is 0 Å². The highest BCUT2D eigenvalue weighted by molar-refractivity contribution is 5.88. The van der Waals surface area contributed by atoms with Crippen LogP contribution < -0.4 is 5.32 Å². The first-order valence-corrected chi connectivity index (χ1v) is 6.06. The van der Waals surface area contributed by atoms with Crippen LogP contribution in [0.1, 0.15) is 46.5 Å². The fraction of sp³-hybridized carbons (Fsp3) is 0.769. The van der Waals surface area contributed by atoms with Gasteiger partial charge in [-0.05, 0) is 32.6 Å². The van der Waals surface area contributed by atoms with Gasteiger partial charge >= 0.3 is 0 Å². The van der Waals surface area contributed by atoms with Crippen LogP contribution in [-0.2, 0) is 4.79 Å². The molecule has 2 unspecified atom stereocenters. The Bertz CT molecular complexity index is 282. The quantitative estimate of drug-likeness (QED) is 0.722. The molecule has 1 aliphatic carbocycles. The number of hydrogen-bond donors (Lipinski definition) is 2. The lowest BCUT2D eigenvalue weighted by Gasteiger charge is -2.35.